The van der Waals surface area contributed by atoms with Gasteiger partial charge in [-0.15, -0.1) is 0 Å². The number of methoxy groups -OCH3 is 2. The van der Waals surface area contributed by atoms with Crippen LogP contribution in [0.25, 0.3) is 56.4 Å². The summed E-state index contributed by atoms with van der Waals surface area (Å²) in [7, 11) is 2.73. The summed E-state index contributed by atoms with van der Waals surface area (Å²) in [6, 6.07) is 5.92. The summed E-state index contributed by atoms with van der Waals surface area (Å²) >= 11 is 0. The van der Waals surface area contributed by atoms with Crippen molar-refractivity contribution in [2.24, 2.45) is 0 Å². The number of nitrogens with zero attached hydrogens (tertiary/aromatic N) is 1. The Balaban J connectivity index is 1.97. The number of esters is 2. The van der Waals surface area contributed by atoms with Crippen molar-refractivity contribution >= 4 is 68.3 Å². The standard InChI is InChI=1S/C36H38N4O5/c1-9-22-18(3)26-16-29-23(10-2)20(5)34(39-29)36(43)35-21(6)25(12-14-33(42)45-8)31(40-35)17-30-24(11-13-32(41)44-7)19(4)27(38-30)15-28(22)37-26/h9-10,15-17,37-39H,1-2,11-14H2,3-8H3. The van der Waals surface area contributed by atoms with Crippen molar-refractivity contribution < 1.29 is 19.1 Å². The van der Waals surface area contributed by atoms with E-state index in [-0.39, 0.29) is 30.2 Å². The van der Waals surface area contributed by atoms with Crippen LogP contribution < -0.4 is 5.43 Å². The first-order valence-electron chi connectivity index (χ1n) is 14.8. The number of carbonyl (C=O) groups excluding carboxylic acids is 2. The van der Waals surface area contributed by atoms with Crippen molar-refractivity contribution in [3.05, 3.63) is 86.3 Å². The largest absolute Gasteiger partial charge is 0.469 e. The zero-order chi connectivity index (χ0) is 32.6. The molecular weight excluding hydrogens is 568 g/mol. The fraction of sp³-hybridized carbons (Fsp3) is 0.278. The van der Waals surface area contributed by atoms with Gasteiger partial charge in [0.2, 0.25) is 5.43 Å². The molecule has 5 heterocycles. The summed E-state index contributed by atoms with van der Waals surface area (Å²) in [5.41, 5.74) is 12.0. The van der Waals surface area contributed by atoms with E-state index in [1.54, 1.807) is 6.08 Å². The number of aromatic nitrogens is 4. The Kier molecular flexibility index (Phi) is 8.64. The number of allylic oxidation sites excluding steroid dienone is 2. The highest BCUT2D eigenvalue weighted by Gasteiger charge is 2.22. The Morgan fingerprint density at radius 1 is 0.756 bits per heavy atom. The molecule has 4 aromatic heterocycles. The minimum absolute atomic E-state index is 0.134. The van der Waals surface area contributed by atoms with Crippen LogP contribution in [-0.4, -0.2) is 46.1 Å². The SMILES string of the molecule is C=Cc1c(C)c2cc3[nH]c(c(C)c3C=C)c(=O)c3nc(cc4[nH]c(cc1[nH]2)c(C)c4CCC(=O)OC)C(CCC(=O)OC)=C3C. The van der Waals surface area contributed by atoms with Crippen LogP contribution in [0.1, 0.15) is 71.0 Å². The Hall–Kier alpha value is -5.18. The third kappa shape index (κ3) is 5.61. The first-order valence-corrected chi connectivity index (χ1v) is 14.8. The van der Waals surface area contributed by atoms with Gasteiger partial charge in [0.1, 0.15) is 5.69 Å². The summed E-state index contributed by atoms with van der Waals surface area (Å²) in [5.74, 6) is -0.665. The quantitative estimate of drug-likeness (QED) is 0.184. The van der Waals surface area contributed by atoms with Gasteiger partial charge in [-0.05, 0) is 92.1 Å². The van der Waals surface area contributed by atoms with Crippen LogP contribution in [0.5, 0.6) is 0 Å². The van der Waals surface area contributed by atoms with Crippen molar-refractivity contribution in [1.82, 2.24) is 19.9 Å². The molecule has 1 aliphatic heterocycles. The van der Waals surface area contributed by atoms with Crippen LogP contribution in [0, 0.1) is 20.8 Å². The molecule has 0 radical (unpaired) electrons. The van der Waals surface area contributed by atoms with Crippen LogP contribution in [0.4, 0.5) is 0 Å². The topological polar surface area (TPSA) is 130 Å². The Labute approximate surface area is 261 Å². The Bertz CT molecular complexity index is 2120. The molecule has 0 spiro atoms. The molecular formula is C36H38N4O5. The van der Waals surface area contributed by atoms with Gasteiger partial charge in [-0.3, -0.25) is 14.4 Å². The maximum atomic E-state index is 14.2. The second-order valence-corrected chi connectivity index (χ2v) is 11.3. The van der Waals surface area contributed by atoms with Crippen molar-refractivity contribution in [1.29, 1.82) is 0 Å². The molecule has 0 saturated carbocycles. The van der Waals surface area contributed by atoms with E-state index in [2.05, 4.69) is 28.1 Å². The van der Waals surface area contributed by atoms with E-state index in [0.717, 1.165) is 66.5 Å². The van der Waals surface area contributed by atoms with Crippen molar-refractivity contribution in [2.75, 3.05) is 14.2 Å². The van der Waals surface area contributed by atoms with Gasteiger partial charge in [-0.1, -0.05) is 25.3 Å². The van der Waals surface area contributed by atoms with E-state index in [0.29, 0.717) is 35.3 Å². The van der Waals surface area contributed by atoms with Crippen LogP contribution in [0.15, 0.2) is 36.2 Å². The number of H-pyrrole nitrogens is 3. The zero-order valence-corrected chi connectivity index (χ0v) is 26.6. The molecule has 0 fully saturated rings. The Morgan fingerprint density at radius 2 is 1.31 bits per heavy atom. The second kappa shape index (κ2) is 12.4. The summed E-state index contributed by atoms with van der Waals surface area (Å²) < 4.78 is 9.83. The monoisotopic (exact) mass is 606 g/mol. The molecule has 0 saturated heterocycles. The summed E-state index contributed by atoms with van der Waals surface area (Å²) in [5, 5.41) is 0. The number of hydrogen-bond donors (Lipinski definition) is 3. The molecule has 4 aromatic rings. The van der Waals surface area contributed by atoms with Crippen LogP contribution in [0.2, 0.25) is 0 Å². The predicted octanol–water partition coefficient (Wildman–Crippen LogP) is 7.09. The molecule has 8 bridgehead atoms. The van der Waals surface area contributed by atoms with Crippen molar-refractivity contribution in [2.45, 2.75) is 53.4 Å². The highest BCUT2D eigenvalue weighted by atomic mass is 16.5. The van der Waals surface area contributed by atoms with Gasteiger partial charge in [0.05, 0.1) is 25.4 Å². The first-order chi connectivity index (χ1) is 21.5. The minimum Gasteiger partial charge on any atom is -0.469 e. The van der Waals surface area contributed by atoms with Gasteiger partial charge in [0, 0.05) is 51.6 Å². The molecule has 45 heavy (non-hydrogen) atoms. The molecule has 0 aliphatic carbocycles. The predicted molar refractivity (Wildman–Crippen MR) is 181 cm³/mol. The fourth-order valence-electron chi connectivity index (χ4n) is 6.14. The summed E-state index contributed by atoms with van der Waals surface area (Å²) in [6.07, 6.45) is 4.67. The number of aryl methyl sites for hydroxylation is 4. The maximum absolute atomic E-state index is 14.2. The lowest BCUT2D eigenvalue weighted by Crippen LogP contribution is -2.07. The molecule has 0 atom stereocenters. The average Bonchev–Trinajstić information content (AvgIpc) is 3.70. The molecule has 232 valence electrons. The highest BCUT2D eigenvalue weighted by Crippen LogP contribution is 2.34. The molecule has 1 aliphatic rings. The van der Waals surface area contributed by atoms with Crippen LogP contribution >= 0.6 is 0 Å². The lowest BCUT2D eigenvalue weighted by atomic mass is 10.00. The van der Waals surface area contributed by atoms with E-state index in [1.165, 1.54) is 14.2 Å². The number of ether oxygens (including phenoxy) is 2. The van der Waals surface area contributed by atoms with Gasteiger partial charge in [-0.2, -0.15) is 0 Å². The third-order valence-corrected chi connectivity index (χ3v) is 8.82. The highest BCUT2D eigenvalue weighted by molar-refractivity contribution is 5.95. The van der Waals surface area contributed by atoms with E-state index in [4.69, 9.17) is 14.5 Å². The first kappa shape index (κ1) is 31.3. The molecule has 9 nitrogen and oxygen atoms in total. The van der Waals surface area contributed by atoms with Gasteiger partial charge >= 0.3 is 11.9 Å². The number of hydrogen-bond acceptors (Lipinski definition) is 6. The maximum Gasteiger partial charge on any atom is 0.305 e. The lowest BCUT2D eigenvalue weighted by molar-refractivity contribution is -0.141. The molecule has 0 amide bonds. The smallest absolute Gasteiger partial charge is 0.305 e. The van der Waals surface area contributed by atoms with Crippen molar-refractivity contribution in [3.63, 3.8) is 0 Å². The molecule has 0 unspecified atom stereocenters. The van der Waals surface area contributed by atoms with Gasteiger partial charge in [-0.25, -0.2) is 4.98 Å². The number of rotatable bonds is 8. The zero-order valence-electron chi connectivity index (χ0n) is 26.6. The van der Waals surface area contributed by atoms with Gasteiger partial charge < -0.3 is 24.4 Å². The normalized spacial score (nSPS) is 12.0. The van der Waals surface area contributed by atoms with E-state index < -0.39 is 0 Å². The molecule has 9 heteroatoms. The third-order valence-electron chi connectivity index (χ3n) is 8.82. The van der Waals surface area contributed by atoms with Gasteiger partial charge in [0.15, 0.2) is 0 Å². The van der Waals surface area contributed by atoms with Gasteiger partial charge in [0.25, 0.3) is 0 Å². The van der Waals surface area contributed by atoms with Crippen molar-refractivity contribution in [3.8, 4) is 0 Å². The summed E-state index contributed by atoms with van der Waals surface area (Å²) in [4.78, 5) is 53.8. The molecule has 0 aromatic carbocycles. The average molecular weight is 607 g/mol. The number of nitrogens with one attached hydrogen (secondary N) is 3. The van der Waals surface area contributed by atoms with E-state index >= 15 is 0 Å². The molecule has 5 rings (SSSR count). The number of aromatic amines is 3. The summed E-state index contributed by atoms with van der Waals surface area (Å²) in [6.45, 7) is 15.9. The minimum atomic E-state index is -0.353. The molecule has 3 N–H and O–H groups in total. The van der Waals surface area contributed by atoms with Crippen LogP contribution in [0.3, 0.4) is 0 Å². The number of carbonyl (C=O) groups is 2. The van der Waals surface area contributed by atoms with E-state index in [1.807, 2.05) is 52.0 Å². The second-order valence-electron chi connectivity index (χ2n) is 11.3. The fourth-order valence-corrected chi connectivity index (χ4v) is 6.14. The number of fused-ring (bicyclic) bond motifs is 8. The lowest BCUT2D eigenvalue weighted by Gasteiger charge is -2.04. The van der Waals surface area contributed by atoms with E-state index in [9.17, 15) is 14.4 Å². The van der Waals surface area contributed by atoms with Crippen LogP contribution in [-0.2, 0) is 25.5 Å². The Morgan fingerprint density at radius 3 is 1.93 bits per heavy atom.